The number of likely N-dealkylation sites (tertiary alicyclic amines) is 1. The molecule has 2 aliphatic rings. The summed E-state index contributed by atoms with van der Waals surface area (Å²) < 4.78 is 22.6. The standard InChI is InChI=1S/C31H44FN5O4SSi/c1-21(38)42-27-15-17-36(29(30(40)22-13-14-22)25-10-7-8-11-26(25)32)20-23(27)18-24-19-33-35-37(24)16-9-12-28(39)34-41-43(5,6)31(2,3)4/h7-8,10-11,18-19,22,27,29H,9,12-17,20H2,1-6H3,(H,34,39)/b23-18-. The van der Waals surface area contributed by atoms with E-state index in [1.165, 1.54) is 17.8 Å². The summed E-state index contributed by atoms with van der Waals surface area (Å²) in [7, 11) is -2.10. The molecule has 9 nitrogen and oxygen atoms in total. The highest BCUT2D eigenvalue weighted by Crippen LogP contribution is 2.41. The molecule has 1 aromatic heterocycles. The van der Waals surface area contributed by atoms with Gasteiger partial charge in [-0.2, -0.15) is 0 Å². The number of hydrogen-bond donors (Lipinski definition) is 1. The van der Waals surface area contributed by atoms with Crippen LogP contribution in [0.3, 0.4) is 0 Å². The number of benzene rings is 1. The largest absolute Gasteiger partial charge is 0.320 e. The number of nitrogens with zero attached hydrogens (tertiary/aromatic N) is 4. The molecule has 1 saturated heterocycles. The van der Waals surface area contributed by atoms with E-state index in [1.807, 2.05) is 11.0 Å². The average molecular weight is 630 g/mol. The van der Waals surface area contributed by atoms with E-state index >= 15 is 0 Å². The van der Waals surface area contributed by atoms with Crippen LogP contribution in [0.25, 0.3) is 6.08 Å². The molecule has 2 aromatic rings. The number of ketones is 1. The molecule has 0 spiro atoms. The maximum Gasteiger partial charge on any atom is 0.242 e. The first-order valence-corrected chi connectivity index (χ1v) is 18.8. The molecule has 2 unspecified atom stereocenters. The van der Waals surface area contributed by atoms with Gasteiger partial charge in [0.25, 0.3) is 0 Å². The van der Waals surface area contributed by atoms with Gasteiger partial charge in [0.2, 0.25) is 14.2 Å². The Labute approximate surface area is 259 Å². The Bertz CT molecular complexity index is 1350. The number of halogens is 1. The third kappa shape index (κ3) is 8.71. The van der Waals surface area contributed by atoms with Crippen LogP contribution < -0.4 is 5.48 Å². The molecule has 0 radical (unpaired) electrons. The molecule has 234 valence electrons. The predicted molar refractivity (Wildman–Crippen MR) is 169 cm³/mol. The number of hydrogen-bond acceptors (Lipinski definition) is 8. The van der Waals surface area contributed by atoms with Gasteiger partial charge in [0.1, 0.15) is 5.82 Å². The molecule has 2 heterocycles. The summed E-state index contributed by atoms with van der Waals surface area (Å²) in [5.41, 5.74) is 4.75. The van der Waals surface area contributed by atoms with Crippen LogP contribution in [0, 0.1) is 11.7 Å². The average Bonchev–Trinajstić information content (AvgIpc) is 3.70. The van der Waals surface area contributed by atoms with Crippen molar-refractivity contribution in [1.29, 1.82) is 0 Å². The van der Waals surface area contributed by atoms with Gasteiger partial charge in [-0.1, -0.05) is 55.9 Å². The zero-order valence-electron chi connectivity index (χ0n) is 26.1. The minimum atomic E-state index is -2.10. The van der Waals surface area contributed by atoms with E-state index < -0.39 is 14.4 Å². The molecule has 1 aromatic carbocycles. The molecule has 1 saturated carbocycles. The van der Waals surface area contributed by atoms with Crippen molar-refractivity contribution in [1.82, 2.24) is 25.4 Å². The molecular formula is C31H44FN5O4SSi. The summed E-state index contributed by atoms with van der Waals surface area (Å²) >= 11 is 1.28. The summed E-state index contributed by atoms with van der Waals surface area (Å²) in [4.78, 5) is 40.1. The Kier molecular flexibility index (Phi) is 10.8. The highest BCUT2D eigenvalue weighted by Gasteiger charge is 2.41. The molecule has 12 heteroatoms. The Morgan fingerprint density at radius 1 is 1.21 bits per heavy atom. The fraction of sp³-hybridized carbons (Fsp3) is 0.581. The molecule has 1 N–H and O–H groups in total. The molecular weight excluding hydrogens is 586 g/mol. The van der Waals surface area contributed by atoms with E-state index in [4.69, 9.17) is 4.53 Å². The molecule has 43 heavy (non-hydrogen) atoms. The van der Waals surface area contributed by atoms with E-state index in [2.05, 4.69) is 49.7 Å². The number of thioether (sulfide) groups is 1. The minimum Gasteiger partial charge on any atom is -0.320 e. The van der Waals surface area contributed by atoms with E-state index in [0.717, 1.165) is 24.1 Å². The van der Waals surface area contributed by atoms with Crippen LogP contribution in [0.5, 0.6) is 0 Å². The Morgan fingerprint density at radius 2 is 1.93 bits per heavy atom. The van der Waals surface area contributed by atoms with Gasteiger partial charge in [0.05, 0.1) is 17.9 Å². The fourth-order valence-electron chi connectivity index (χ4n) is 4.91. The topological polar surface area (TPSA) is 106 Å². The smallest absolute Gasteiger partial charge is 0.242 e. The van der Waals surface area contributed by atoms with Crippen LogP contribution in [0.15, 0.2) is 36.0 Å². The van der Waals surface area contributed by atoms with E-state index in [0.29, 0.717) is 38.0 Å². The summed E-state index contributed by atoms with van der Waals surface area (Å²) in [6, 6.07) is 5.84. The Balaban J connectivity index is 1.48. The minimum absolute atomic E-state index is 0.0154. The molecule has 1 amide bonds. The Hall–Kier alpha value is -2.67. The second kappa shape index (κ2) is 14.0. The summed E-state index contributed by atoms with van der Waals surface area (Å²) in [6.07, 6.45) is 6.78. The zero-order valence-corrected chi connectivity index (χ0v) is 27.9. The van der Waals surface area contributed by atoms with Crippen LogP contribution in [0.1, 0.15) is 77.1 Å². The van der Waals surface area contributed by atoms with Crippen molar-refractivity contribution in [3.05, 3.63) is 53.1 Å². The van der Waals surface area contributed by atoms with Crippen molar-refractivity contribution in [3.8, 4) is 0 Å². The van der Waals surface area contributed by atoms with Crippen LogP contribution in [0.4, 0.5) is 4.39 Å². The van der Waals surface area contributed by atoms with Gasteiger partial charge < -0.3 is 4.53 Å². The van der Waals surface area contributed by atoms with Gasteiger partial charge >= 0.3 is 0 Å². The van der Waals surface area contributed by atoms with Gasteiger partial charge in [0, 0.05) is 49.7 Å². The van der Waals surface area contributed by atoms with E-state index in [9.17, 15) is 18.8 Å². The summed E-state index contributed by atoms with van der Waals surface area (Å²) in [5, 5.41) is 8.25. The first-order valence-electron chi connectivity index (χ1n) is 15.0. The number of hydroxylamine groups is 1. The Morgan fingerprint density at radius 3 is 2.58 bits per heavy atom. The van der Waals surface area contributed by atoms with Crippen LogP contribution in [-0.4, -0.2) is 63.4 Å². The fourth-order valence-corrected chi connectivity index (χ4v) is 6.51. The lowest BCUT2D eigenvalue weighted by molar-refractivity contribution is -0.128. The summed E-state index contributed by atoms with van der Waals surface area (Å²) in [6.45, 7) is 13.5. The lowest BCUT2D eigenvalue weighted by atomic mass is 9.93. The summed E-state index contributed by atoms with van der Waals surface area (Å²) in [5.74, 6) is -0.528. The van der Waals surface area contributed by atoms with Crippen molar-refractivity contribution in [2.75, 3.05) is 13.1 Å². The maximum atomic E-state index is 15.0. The van der Waals surface area contributed by atoms with Gasteiger partial charge in [-0.25, -0.2) is 14.6 Å². The third-order valence-corrected chi connectivity index (χ3v) is 14.0. The number of Topliss-reactive ketones (excluding diaryl/α,β-unsaturated/α-hetero) is 1. The van der Waals surface area contributed by atoms with Gasteiger partial charge in [-0.05, 0) is 61.5 Å². The van der Waals surface area contributed by atoms with Crippen LogP contribution in [-0.2, 0) is 25.5 Å². The van der Waals surface area contributed by atoms with Crippen LogP contribution >= 0.6 is 11.8 Å². The van der Waals surface area contributed by atoms with Crippen molar-refractivity contribution in [2.45, 2.75) is 95.8 Å². The lowest BCUT2D eigenvalue weighted by Gasteiger charge is -2.38. The van der Waals surface area contributed by atoms with Gasteiger partial charge in [0.15, 0.2) is 10.9 Å². The molecule has 2 fully saturated rings. The van der Waals surface area contributed by atoms with Crippen molar-refractivity contribution in [2.24, 2.45) is 5.92 Å². The number of amides is 1. The first-order chi connectivity index (χ1) is 20.3. The number of aromatic nitrogens is 3. The van der Waals surface area contributed by atoms with Gasteiger partial charge in [-0.3, -0.25) is 19.3 Å². The second-order valence-electron chi connectivity index (χ2n) is 13.1. The van der Waals surface area contributed by atoms with Gasteiger partial charge in [-0.15, -0.1) is 5.10 Å². The van der Waals surface area contributed by atoms with Crippen molar-refractivity contribution < 1.29 is 23.3 Å². The highest BCUT2D eigenvalue weighted by molar-refractivity contribution is 8.14. The number of nitrogens with one attached hydrogen (secondary N) is 1. The number of carbonyl (C=O) groups excluding carboxylic acids is 3. The number of rotatable bonds is 12. The van der Waals surface area contributed by atoms with Crippen LogP contribution in [0.2, 0.25) is 18.1 Å². The second-order valence-corrected chi connectivity index (χ2v) is 19.2. The van der Waals surface area contributed by atoms with E-state index in [1.54, 1.807) is 36.0 Å². The monoisotopic (exact) mass is 629 g/mol. The number of carbonyl (C=O) groups is 3. The first kappa shape index (κ1) is 33.2. The quantitative estimate of drug-likeness (QED) is 0.235. The molecule has 1 aliphatic heterocycles. The number of piperidine rings is 1. The molecule has 1 aliphatic carbocycles. The zero-order chi connectivity index (χ0) is 31.4. The van der Waals surface area contributed by atoms with E-state index in [-0.39, 0.29) is 45.2 Å². The third-order valence-electron chi connectivity index (χ3n) is 8.58. The normalized spacial score (nSPS) is 19.8. The van der Waals surface area contributed by atoms with Crippen molar-refractivity contribution in [3.63, 3.8) is 0 Å². The molecule has 0 bridgehead atoms. The predicted octanol–water partition coefficient (Wildman–Crippen LogP) is 5.71. The molecule has 4 rings (SSSR count). The number of aryl methyl sites for hydroxylation is 1. The lowest BCUT2D eigenvalue weighted by Crippen LogP contribution is -2.46. The maximum absolute atomic E-state index is 15.0. The molecule has 2 atom stereocenters. The van der Waals surface area contributed by atoms with Crippen molar-refractivity contribution >= 4 is 43.0 Å². The highest BCUT2D eigenvalue weighted by atomic mass is 32.2. The SMILES string of the molecule is CC(=O)SC1CCN(C(C(=O)C2CC2)c2ccccc2F)C/C1=C/c1cnnn1CCCC(=O)NO[Si](C)(C)C(C)(C)C.